The first-order chi connectivity index (χ1) is 7.75. The Morgan fingerprint density at radius 1 is 1.56 bits per heavy atom. The van der Waals surface area contributed by atoms with Gasteiger partial charge >= 0.3 is 0 Å². The van der Waals surface area contributed by atoms with Gasteiger partial charge in [-0.1, -0.05) is 6.07 Å². The number of aromatic nitrogens is 1. The summed E-state index contributed by atoms with van der Waals surface area (Å²) < 4.78 is 0. The van der Waals surface area contributed by atoms with Crippen LogP contribution >= 0.6 is 0 Å². The van der Waals surface area contributed by atoms with Crippen molar-refractivity contribution in [3.63, 3.8) is 0 Å². The molecule has 1 aliphatic rings. The summed E-state index contributed by atoms with van der Waals surface area (Å²) >= 11 is 0. The summed E-state index contributed by atoms with van der Waals surface area (Å²) in [4.78, 5) is 6.65. The molecule has 0 bridgehead atoms. The molecule has 1 aliphatic heterocycles. The monoisotopic (exact) mass is 219 g/mol. The second-order valence-corrected chi connectivity index (χ2v) is 4.82. The Kier molecular flexibility index (Phi) is 3.91. The molecule has 1 N–H and O–H groups in total. The molecule has 2 rings (SSSR count). The molecule has 16 heavy (non-hydrogen) atoms. The van der Waals surface area contributed by atoms with Gasteiger partial charge in [-0.25, -0.2) is 0 Å². The van der Waals surface area contributed by atoms with Crippen LogP contribution in [-0.2, 0) is 6.54 Å². The van der Waals surface area contributed by atoms with Gasteiger partial charge in [0.05, 0.1) is 0 Å². The summed E-state index contributed by atoms with van der Waals surface area (Å²) in [5.74, 6) is 0. The zero-order valence-corrected chi connectivity index (χ0v) is 10.2. The summed E-state index contributed by atoms with van der Waals surface area (Å²) in [6.45, 7) is 7.87. The standard InChI is InChI=1S/C13H21N3/c1-11(2)16-7-5-13(10-16)15-9-12-4-3-6-14-8-12/h3-4,6,8,11,13,15H,5,7,9-10H2,1-2H3. The summed E-state index contributed by atoms with van der Waals surface area (Å²) in [7, 11) is 0. The molecule has 0 aromatic carbocycles. The van der Waals surface area contributed by atoms with Gasteiger partial charge in [-0.15, -0.1) is 0 Å². The quantitative estimate of drug-likeness (QED) is 0.834. The molecule has 0 aliphatic carbocycles. The number of nitrogens with zero attached hydrogens (tertiary/aromatic N) is 2. The zero-order chi connectivity index (χ0) is 11.4. The largest absolute Gasteiger partial charge is 0.309 e. The van der Waals surface area contributed by atoms with Crippen molar-refractivity contribution >= 4 is 0 Å². The van der Waals surface area contributed by atoms with Gasteiger partial charge in [0.1, 0.15) is 0 Å². The van der Waals surface area contributed by atoms with Crippen LogP contribution in [0.5, 0.6) is 0 Å². The predicted molar refractivity (Wildman–Crippen MR) is 66.2 cm³/mol. The Bertz CT molecular complexity index is 310. The number of pyridine rings is 1. The SMILES string of the molecule is CC(C)N1CCC(NCc2cccnc2)C1. The van der Waals surface area contributed by atoms with Crippen LogP contribution in [0.25, 0.3) is 0 Å². The minimum Gasteiger partial charge on any atom is -0.309 e. The molecule has 1 atom stereocenters. The highest BCUT2D eigenvalue weighted by atomic mass is 15.2. The van der Waals surface area contributed by atoms with E-state index in [1.165, 1.54) is 25.1 Å². The molecule has 1 unspecified atom stereocenters. The van der Waals surface area contributed by atoms with Crippen molar-refractivity contribution in [2.45, 2.75) is 38.9 Å². The number of likely N-dealkylation sites (tertiary alicyclic amines) is 1. The lowest BCUT2D eigenvalue weighted by atomic mass is 10.2. The van der Waals surface area contributed by atoms with Crippen molar-refractivity contribution in [3.05, 3.63) is 30.1 Å². The maximum atomic E-state index is 4.12. The second kappa shape index (κ2) is 5.41. The van der Waals surface area contributed by atoms with Crippen LogP contribution in [0.1, 0.15) is 25.8 Å². The van der Waals surface area contributed by atoms with E-state index in [2.05, 4.69) is 35.1 Å². The molecule has 3 heteroatoms. The van der Waals surface area contributed by atoms with E-state index in [0.717, 1.165) is 6.54 Å². The number of nitrogens with one attached hydrogen (secondary N) is 1. The molecule has 3 nitrogen and oxygen atoms in total. The minimum atomic E-state index is 0.641. The lowest BCUT2D eigenvalue weighted by Crippen LogP contribution is -2.34. The Labute approximate surface area is 97.9 Å². The minimum absolute atomic E-state index is 0.641. The van der Waals surface area contributed by atoms with Crippen molar-refractivity contribution < 1.29 is 0 Å². The third-order valence-corrected chi connectivity index (χ3v) is 3.27. The molecule has 88 valence electrons. The fourth-order valence-corrected chi connectivity index (χ4v) is 2.19. The van der Waals surface area contributed by atoms with Crippen molar-refractivity contribution in [2.75, 3.05) is 13.1 Å². The third kappa shape index (κ3) is 3.03. The first-order valence-corrected chi connectivity index (χ1v) is 6.12. The lowest BCUT2D eigenvalue weighted by Gasteiger charge is -2.20. The molecule has 0 radical (unpaired) electrons. The Morgan fingerprint density at radius 2 is 2.44 bits per heavy atom. The fraction of sp³-hybridized carbons (Fsp3) is 0.615. The summed E-state index contributed by atoms with van der Waals surface area (Å²) in [6.07, 6.45) is 5.01. The highest BCUT2D eigenvalue weighted by Crippen LogP contribution is 2.12. The van der Waals surface area contributed by atoms with E-state index in [0.29, 0.717) is 12.1 Å². The van der Waals surface area contributed by atoms with Gasteiger partial charge in [0.25, 0.3) is 0 Å². The first-order valence-electron chi connectivity index (χ1n) is 6.12. The average molecular weight is 219 g/mol. The van der Waals surface area contributed by atoms with Gasteiger partial charge < -0.3 is 5.32 Å². The highest BCUT2D eigenvalue weighted by molar-refractivity contribution is 5.08. The third-order valence-electron chi connectivity index (χ3n) is 3.27. The van der Waals surface area contributed by atoms with E-state index in [1.807, 2.05) is 18.5 Å². The number of hydrogen-bond acceptors (Lipinski definition) is 3. The lowest BCUT2D eigenvalue weighted by molar-refractivity contribution is 0.268. The van der Waals surface area contributed by atoms with Crippen molar-refractivity contribution in [1.82, 2.24) is 15.2 Å². The van der Waals surface area contributed by atoms with Crippen molar-refractivity contribution in [1.29, 1.82) is 0 Å². The van der Waals surface area contributed by atoms with Crippen LogP contribution in [0, 0.1) is 0 Å². The van der Waals surface area contributed by atoms with Crippen LogP contribution in [0.4, 0.5) is 0 Å². The van der Waals surface area contributed by atoms with Gasteiger partial charge in [0.15, 0.2) is 0 Å². The molecule has 0 spiro atoms. The van der Waals surface area contributed by atoms with Crippen molar-refractivity contribution in [2.24, 2.45) is 0 Å². The maximum absolute atomic E-state index is 4.12. The molecular weight excluding hydrogens is 198 g/mol. The predicted octanol–water partition coefficient (Wildman–Crippen LogP) is 1.65. The van der Waals surface area contributed by atoms with Crippen molar-refractivity contribution in [3.8, 4) is 0 Å². The van der Waals surface area contributed by atoms with Gasteiger partial charge in [0, 0.05) is 37.6 Å². The first kappa shape index (κ1) is 11.6. The molecule has 2 heterocycles. The van der Waals surface area contributed by atoms with Crippen LogP contribution in [0.15, 0.2) is 24.5 Å². The topological polar surface area (TPSA) is 28.2 Å². The van der Waals surface area contributed by atoms with E-state index in [1.54, 1.807) is 0 Å². The number of rotatable bonds is 4. The van der Waals surface area contributed by atoms with E-state index in [-0.39, 0.29) is 0 Å². The Balaban J connectivity index is 1.76. The van der Waals surface area contributed by atoms with Gasteiger partial charge in [-0.05, 0) is 38.4 Å². The van der Waals surface area contributed by atoms with E-state index < -0.39 is 0 Å². The molecule has 1 aromatic rings. The molecule has 1 aromatic heterocycles. The van der Waals surface area contributed by atoms with Crippen LogP contribution in [0.3, 0.4) is 0 Å². The highest BCUT2D eigenvalue weighted by Gasteiger charge is 2.23. The van der Waals surface area contributed by atoms with E-state index in [9.17, 15) is 0 Å². The van der Waals surface area contributed by atoms with E-state index >= 15 is 0 Å². The Morgan fingerprint density at radius 3 is 3.06 bits per heavy atom. The van der Waals surface area contributed by atoms with Crippen LogP contribution in [0.2, 0.25) is 0 Å². The summed E-state index contributed by atoms with van der Waals surface area (Å²) in [5, 5.41) is 3.60. The zero-order valence-electron chi connectivity index (χ0n) is 10.2. The normalized spacial score (nSPS) is 21.8. The molecular formula is C13H21N3. The molecule has 1 saturated heterocycles. The van der Waals surface area contributed by atoms with Crippen LogP contribution < -0.4 is 5.32 Å². The maximum Gasteiger partial charge on any atom is 0.0312 e. The summed E-state index contributed by atoms with van der Waals surface area (Å²) in [5.41, 5.74) is 1.27. The second-order valence-electron chi connectivity index (χ2n) is 4.82. The number of hydrogen-bond donors (Lipinski definition) is 1. The van der Waals surface area contributed by atoms with E-state index in [4.69, 9.17) is 0 Å². The molecule has 0 amide bonds. The smallest absolute Gasteiger partial charge is 0.0312 e. The average Bonchev–Trinajstić information content (AvgIpc) is 2.76. The van der Waals surface area contributed by atoms with Gasteiger partial charge in [0.2, 0.25) is 0 Å². The van der Waals surface area contributed by atoms with Gasteiger partial charge in [-0.2, -0.15) is 0 Å². The molecule has 1 fully saturated rings. The fourth-order valence-electron chi connectivity index (χ4n) is 2.19. The van der Waals surface area contributed by atoms with Crippen LogP contribution in [-0.4, -0.2) is 35.1 Å². The summed E-state index contributed by atoms with van der Waals surface area (Å²) in [6, 6.07) is 5.43. The van der Waals surface area contributed by atoms with Gasteiger partial charge in [-0.3, -0.25) is 9.88 Å². The Hall–Kier alpha value is -0.930. The molecule has 0 saturated carbocycles.